The number of ether oxygens (including phenoxy) is 1. The first-order valence-corrected chi connectivity index (χ1v) is 7.80. The van der Waals surface area contributed by atoms with Gasteiger partial charge in [-0.05, 0) is 37.5 Å². The predicted octanol–water partition coefficient (Wildman–Crippen LogP) is 2.71. The minimum atomic E-state index is -1.26. The van der Waals surface area contributed by atoms with Gasteiger partial charge in [-0.1, -0.05) is 11.6 Å². The number of hydrogen-bond acceptors (Lipinski definition) is 3. The summed E-state index contributed by atoms with van der Waals surface area (Å²) in [6.45, 7) is 0.711. The van der Waals surface area contributed by atoms with E-state index in [1.54, 1.807) is 6.07 Å². The first kappa shape index (κ1) is 14.5. The second-order valence-electron chi connectivity index (χ2n) is 4.45. The molecule has 19 heavy (non-hydrogen) atoms. The van der Waals surface area contributed by atoms with Crippen LogP contribution in [0.15, 0.2) is 23.1 Å². The van der Waals surface area contributed by atoms with Gasteiger partial charge in [0.25, 0.3) is 0 Å². The molecule has 1 heterocycles. The van der Waals surface area contributed by atoms with Crippen LogP contribution in [0.2, 0.25) is 5.02 Å². The van der Waals surface area contributed by atoms with Crippen LogP contribution in [0.1, 0.15) is 29.6 Å². The van der Waals surface area contributed by atoms with Crippen molar-refractivity contribution in [1.82, 2.24) is 0 Å². The third-order valence-electron chi connectivity index (χ3n) is 3.04. The third kappa shape index (κ3) is 3.78. The molecule has 1 N–H and O–H groups in total. The van der Waals surface area contributed by atoms with E-state index in [2.05, 4.69) is 0 Å². The molecule has 4 nitrogen and oxygen atoms in total. The van der Waals surface area contributed by atoms with E-state index in [9.17, 15) is 9.00 Å². The van der Waals surface area contributed by atoms with Gasteiger partial charge in [-0.3, -0.25) is 4.21 Å². The molecule has 104 valence electrons. The molecule has 2 rings (SSSR count). The summed E-state index contributed by atoms with van der Waals surface area (Å²) in [4.78, 5) is 11.5. The topological polar surface area (TPSA) is 63.6 Å². The maximum atomic E-state index is 12.2. The van der Waals surface area contributed by atoms with Crippen molar-refractivity contribution in [2.45, 2.75) is 30.3 Å². The lowest BCUT2D eigenvalue weighted by Gasteiger charge is -2.22. The first-order valence-electron chi connectivity index (χ1n) is 6.11. The van der Waals surface area contributed by atoms with E-state index in [1.165, 1.54) is 12.1 Å². The highest BCUT2D eigenvalue weighted by atomic mass is 35.5. The molecule has 0 aliphatic carbocycles. The number of benzene rings is 1. The van der Waals surface area contributed by atoms with Gasteiger partial charge in [0.15, 0.2) is 0 Å². The fraction of sp³-hybridized carbons (Fsp3) is 0.462. The van der Waals surface area contributed by atoms with E-state index in [4.69, 9.17) is 21.4 Å². The summed E-state index contributed by atoms with van der Waals surface area (Å²) in [5.74, 6) is -0.710. The van der Waals surface area contributed by atoms with E-state index in [0.717, 1.165) is 19.3 Å². The Kier molecular flexibility index (Phi) is 4.96. The number of carbonyl (C=O) groups is 1. The first-order chi connectivity index (χ1) is 9.08. The number of aromatic carboxylic acids is 1. The maximum Gasteiger partial charge on any atom is 0.337 e. The van der Waals surface area contributed by atoms with Crippen LogP contribution in [-0.4, -0.2) is 33.7 Å². The molecule has 2 unspecified atom stereocenters. The standard InChI is InChI=1S/C13H15ClO4S/c14-12-5-4-10(7-11(12)13(15)16)19(17)8-9-3-1-2-6-18-9/h4-5,7,9H,1-3,6,8H2,(H,15,16). The molecule has 0 spiro atoms. The van der Waals surface area contributed by atoms with Crippen LogP contribution in [0.3, 0.4) is 0 Å². The van der Waals surface area contributed by atoms with Crippen molar-refractivity contribution >= 4 is 28.4 Å². The second kappa shape index (κ2) is 6.50. The Labute approximate surface area is 119 Å². The Balaban J connectivity index is 2.10. The predicted molar refractivity (Wildman–Crippen MR) is 73.3 cm³/mol. The largest absolute Gasteiger partial charge is 0.478 e. The molecule has 6 heteroatoms. The van der Waals surface area contributed by atoms with E-state index in [1.807, 2.05) is 0 Å². The van der Waals surface area contributed by atoms with E-state index < -0.39 is 16.8 Å². The van der Waals surface area contributed by atoms with E-state index >= 15 is 0 Å². The monoisotopic (exact) mass is 302 g/mol. The van der Waals surface area contributed by atoms with Gasteiger partial charge in [-0.2, -0.15) is 0 Å². The lowest BCUT2D eigenvalue weighted by atomic mass is 10.1. The van der Waals surface area contributed by atoms with Crippen LogP contribution in [0, 0.1) is 0 Å². The second-order valence-corrected chi connectivity index (χ2v) is 6.35. The van der Waals surface area contributed by atoms with Gasteiger partial charge < -0.3 is 9.84 Å². The molecule has 2 atom stereocenters. The van der Waals surface area contributed by atoms with E-state index in [0.29, 0.717) is 17.3 Å². The Morgan fingerprint density at radius 2 is 2.26 bits per heavy atom. The van der Waals surface area contributed by atoms with Gasteiger partial charge in [0.05, 0.1) is 33.2 Å². The van der Waals surface area contributed by atoms with Crippen LogP contribution >= 0.6 is 11.6 Å². The number of hydrogen-bond donors (Lipinski definition) is 1. The summed E-state index contributed by atoms with van der Waals surface area (Å²) >= 11 is 5.78. The quantitative estimate of drug-likeness (QED) is 0.929. The lowest BCUT2D eigenvalue weighted by molar-refractivity contribution is 0.0310. The van der Waals surface area contributed by atoms with Crippen molar-refractivity contribution in [2.24, 2.45) is 0 Å². The molecule has 1 aromatic carbocycles. The molecule has 0 saturated carbocycles. The third-order valence-corrected chi connectivity index (χ3v) is 4.83. The normalized spacial score (nSPS) is 21.0. The fourth-order valence-corrected chi connectivity index (χ4v) is 3.47. The number of carboxylic acid groups (broad SMARTS) is 1. The Morgan fingerprint density at radius 1 is 1.47 bits per heavy atom. The van der Waals surface area contributed by atoms with Gasteiger partial charge in [-0.15, -0.1) is 0 Å². The van der Waals surface area contributed by atoms with Crippen molar-refractivity contribution in [3.63, 3.8) is 0 Å². The Morgan fingerprint density at radius 3 is 2.89 bits per heavy atom. The maximum absolute atomic E-state index is 12.2. The Hall–Kier alpha value is -0.910. The van der Waals surface area contributed by atoms with Crippen molar-refractivity contribution in [3.05, 3.63) is 28.8 Å². The summed E-state index contributed by atoms with van der Waals surface area (Å²) in [6, 6.07) is 4.46. The van der Waals surface area contributed by atoms with Gasteiger partial charge in [0, 0.05) is 11.5 Å². The Bertz CT molecular complexity index is 497. The van der Waals surface area contributed by atoms with Gasteiger partial charge in [-0.25, -0.2) is 4.79 Å². The van der Waals surface area contributed by atoms with Crippen LogP contribution in [0.4, 0.5) is 0 Å². The van der Waals surface area contributed by atoms with Crippen LogP contribution in [-0.2, 0) is 15.5 Å². The van der Waals surface area contributed by atoms with E-state index in [-0.39, 0.29) is 16.7 Å². The molecule has 1 aliphatic rings. The summed E-state index contributed by atoms with van der Waals surface area (Å²) in [5, 5.41) is 9.14. The number of halogens is 1. The van der Waals surface area contributed by atoms with Crippen LogP contribution in [0.25, 0.3) is 0 Å². The lowest BCUT2D eigenvalue weighted by Crippen LogP contribution is -2.25. The zero-order valence-corrected chi connectivity index (χ0v) is 11.9. The molecule has 0 bridgehead atoms. The highest BCUT2D eigenvalue weighted by Crippen LogP contribution is 2.21. The highest BCUT2D eigenvalue weighted by molar-refractivity contribution is 7.85. The molecular weight excluding hydrogens is 288 g/mol. The van der Waals surface area contributed by atoms with Gasteiger partial charge in [0.2, 0.25) is 0 Å². The molecule has 1 saturated heterocycles. The highest BCUT2D eigenvalue weighted by Gasteiger charge is 2.19. The SMILES string of the molecule is O=C(O)c1cc(S(=O)CC2CCCCO2)ccc1Cl. The average molecular weight is 303 g/mol. The molecule has 1 fully saturated rings. The zero-order valence-electron chi connectivity index (χ0n) is 10.3. The van der Waals surface area contributed by atoms with Crippen molar-refractivity contribution in [3.8, 4) is 0 Å². The molecule has 0 radical (unpaired) electrons. The zero-order chi connectivity index (χ0) is 13.8. The molecule has 0 aromatic heterocycles. The number of carboxylic acids is 1. The summed E-state index contributed by atoms with van der Waals surface area (Å²) in [5.41, 5.74) is -0.0166. The van der Waals surface area contributed by atoms with Crippen molar-refractivity contribution in [2.75, 3.05) is 12.4 Å². The van der Waals surface area contributed by atoms with Gasteiger partial charge >= 0.3 is 5.97 Å². The minimum Gasteiger partial charge on any atom is -0.478 e. The van der Waals surface area contributed by atoms with Crippen LogP contribution in [0.5, 0.6) is 0 Å². The smallest absolute Gasteiger partial charge is 0.337 e. The summed E-state index contributed by atoms with van der Waals surface area (Å²) < 4.78 is 17.7. The van der Waals surface area contributed by atoms with Gasteiger partial charge in [0.1, 0.15) is 0 Å². The average Bonchev–Trinajstić information content (AvgIpc) is 2.40. The fourth-order valence-electron chi connectivity index (χ4n) is 2.01. The molecule has 1 aliphatic heterocycles. The van der Waals surface area contributed by atoms with Crippen LogP contribution < -0.4 is 0 Å². The molecule has 1 aromatic rings. The summed E-state index contributed by atoms with van der Waals surface area (Å²) in [6.07, 6.45) is 3.04. The number of rotatable bonds is 4. The van der Waals surface area contributed by atoms with Crippen molar-refractivity contribution in [1.29, 1.82) is 0 Å². The minimum absolute atomic E-state index is 0.00135. The summed E-state index contributed by atoms with van der Waals surface area (Å²) in [7, 11) is -1.26. The van der Waals surface area contributed by atoms with Crippen molar-refractivity contribution < 1.29 is 18.8 Å². The molecule has 0 amide bonds. The molecular formula is C13H15ClO4S.